The monoisotopic (exact) mass is 404 g/mol. The van der Waals surface area contributed by atoms with E-state index in [1.165, 1.54) is 10.4 Å². The third kappa shape index (κ3) is 4.25. The first kappa shape index (κ1) is 19.4. The molecule has 0 radical (unpaired) electrons. The van der Waals surface area contributed by atoms with Gasteiger partial charge in [-0.05, 0) is 48.1 Å². The molecular formula is C24H24N2O2S. The van der Waals surface area contributed by atoms with Crippen molar-refractivity contribution < 1.29 is 9.59 Å². The average molecular weight is 405 g/mol. The summed E-state index contributed by atoms with van der Waals surface area (Å²) in [6, 6.07) is 21.1. The second-order valence-electron chi connectivity index (χ2n) is 7.39. The number of hydrogen-bond donors (Lipinski definition) is 1. The zero-order chi connectivity index (χ0) is 20.2. The van der Waals surface area contributed by atoms with E-state index in [1.54, 1.807) is 23.5 Å². The molecule has 4 rings (SSSR count). The van der Waals surface area contributed by atoms with Gasteiger partial charge < -0.3 is 10.2 Å². The number of hydrogen-bond acceptors (Lipinski definition) is 3. The van der Waals surface area contributed by atoms with Crippen molar-refractivity contribution in [3.63, 3.8) is 0 Å². The van der Waals surface area contributed by atoms with Crippen LogP contribution in [-0.4, -0.2) is 29.3 Å². The van der Waals surface area contributed by atoms with Crippen LogP contribution >= 0.6 is 11.3 Å². The van der Waals surface area contributed by atoms with Crippen molar-refractivity contribution in [2.24, 2.45) is 0 Å². The highest BCUT2D eigenvalue weighted by Crippen LogP contribution is 2.38. The molecule has 1 N–H and O–H groups in total. The molecule has 1 aliphatic heterocycles. The van der Waals surface area contributed by atoms with E-state index in [0.29, 0.717) is 12.1 Å². The van der Waals surface area contributed by atoms with Gasteiger partial charge in [-0.25, -0.2) is 0 Å². The van der Waals surface area contributed by atoms with E-state index in [0.717, 1.165) is 12.0 Å². The topological polar surface area (TPSA) is 49.4 Å². The number of amides is 2. The standard InChI is InChI=1S/C24H24N2O2S/c1-17(25-24(28)19-10-6-3-7-11-19)16-22(27)26-14-12-21-20(13-15-29-21)23(26)18-8-4-2-5-9-18/h2-11,13,15,17,23H,12,14,16H2,1H3,(H,25,28)/t17-,23-/m1/s1. The van der Waals surface area contributed by atoms with Crippen molar-refractivity contribution >= 4 is 23.2 Å². The van der Waals surface area contributed by atoms with E-state index < -0.39 is 0 Å². The highest BCUT2D eigenvalue weighted by molar-refractivity contribution is 7.10. The summed E-state index contributed by atoms with van der Waals surface area (Å²) in [4.78, 5) is 28.9. The highest BCUT2D eigenvalue weighted by atomic mass is 32.1. The van der Waals surface area contributed by atoms with Gasteiger partial charge in [0.2, 0.25) is 5.91 Å². The van der Waals surface area contributed by atoms with Gasteiger partial charge in [0, 0.05) is 29.4 Å². The number of carbonyl (C=O) groups excluding carboxylic acids is 2. The van der Waals surface area contributed by atoms with Gasteiger partial charge in [-0.15, -0.1) is 11.3 Å². The first-order chi connectivity index (χ1) is 14.1. The maximum Gasteiger partial charge on any atom is 0.251 e. The number of nitrogens with one attached hydrogen (secondary N) is 1. The van der Waals surface area contributed by atoms with E-state index in [4.69, 9.17) is 0 Å². The van der Waals surface area contributed by atoms with Gasteiger partial charge in [0.25, 0.3) is 5.91 Å². The van der Waals surface area contributed by atoms with E-state index in [9.17, 15) is 9.59 Å². The molecule has 0 spiro atoms. The summed E-state index contributed by atoms with van der Waals surface area (Å²) in [6.45, 7) is 2.58. The van der Waals surface area contributed by atoms with Crippen LogP contribution < -0.4 is 5.32 Å². The smallest absolute Gasteiger partial charge is 0.251 e. The Hall–Kier alpha value is -2.92. The number of benzene rings is 2. The Bertz CT molecular complexity index is 984. The Kier molecular flexibility index (Phi) is 5.76. The lowest BCUT2D eigenvalue weighted by Crippen LogP contribution is -2.43. The zero-order valence-corrected chi connectivity index (χ0v) is 17.2. The van der Waals surface area contributed by atoms with E-state index >= 15 is 0 Å². The van der Waals surface area contributed by atoms with Gasteiger partial charge in [-0.3, -0.25) is 9.59 Å². The molecule has 5 heteroatoms. The van der Waals surface area contributed by atoms with Gasteiger partial charge in [-0.1, -0.05) is 48.5 Å². The summed E-state index contributed by atoms with van der Waals surface area (Å²) >= 11 is 1.76. The predicted octanol–water partition coefficient (Wildman–Crippen LogP) is 4.43. The lowest BCUT2D eigenvalue weighted by atomic mass is 9.92. The van der Waals surface area contributed by atoms with Crippen molar-refractivity contribution in [3.05, 3.63) is 93.7 Å². The van der Waals surface area contributed by atoms with Gasteiger partial charge in [0.1, 0.15) is 0 Å². The zero-order valence-electron chi connectivity index (χ0n) is 16.4. The van der Waals surface area contributed by atoms with Crippen LogP contribution in [0.15, 0.2) is 72.1 Å². The lowest BCUT2D eigenvalue weighted by molar-refractivity contribution is -0.133. The molecule has 2 heterocycles. The molecule has 0 saturated carbocycles. The molecule has 29 heavy (non-hydrogen) atoms. The summed E-state index contributed by atoms with van der Waals surface area (Å²) in [6.07, 6.45) is 1.16. The van der Waals surface area contributed by atoms with Gasteiger partial charge in [0.05, 0.1) is 6.04 Å². The minimum absolute atomic E-state index is 0.0595. The molecule has 2 amide bonds. The molecular weight excluding hydrogens is 380 g/mol. The quantitative estimate of drug-likeness (QED) is 0.684. The molecule has 2 aromatic carbocycles. The highest BCUT2D eigenvalue weighted by Gasteiger charge is 2.33. The van der Waals surface area contributed by atoms with Gasteiger partial charge in [0.15, 0.2) is 0 Å². The van der Waals surface area contributed by atoms with Gasteiger partial charge in [-0.2, -0.15) is 0 Å². The van der Waals surface area contributed by atoms with Crippen molar-refractivity contribution in [2.75, 3.05) is 6.54 Å². The Labute approximate surface area is 175 Å². The molecule has 1 aromatic heterocycles. The first-order valence-electron chi connectivity index (χ1n) is 9.90. The minimum atomic E-state index is -0.240. The third-order valence-corrected chi connectivity index (χ3v) is 6.29. The molecule has 148 valence electrons. The van der Waals surface area contributed by atoms with E-state index in [2.05, 4.69) is 28.9 Å². The number of fused-ring (bicyclic) bond motifs is 1. The number of nitrogens with zero attached hydrogens (tertiary/aromatic N) is 1. The second kappa shape index (κ2) is 8.62. The molecule has 0 saturated heterocycles. The van der Waals surface area contributed by atoms with Crippen molar-refractivity contribution in [2.45, 2.75) is 31.8 Å². The Morgan fingerprint density at radius 3 is 2.48 bits per heavy atom. The van der Waals surface area contributed by atoms with Crippen molar-refractivity contribution in [3.8, 4) is 0 Å². The predicted molar refractivity (Wildman–Crippen MR) is 116 cm³/mol. The maximum atomic E-state index is 13.2. The van der Waals surface area contributed by atoms with Crippen LogP contribution in [0.2, 0.25) is 0 Å². The molecule has 4 nitrogen and oxygen atoms in total. The van der Waals surface area contributed by atoms with Crippen LogP contribution in [0.3, 0.4) is 0 Å². The van der Waals surface area contributed by atoms with E-state index in [-0.39, 0.29) is 30.3 Å². The largest absolute Gasteiger partial charge is 0.349 e. The molecule has 0 bridgehead atoms. The van der Waals surface area contributed by atoms with Crippen molar-refractivity contribution in [1.29, 1.82) is 0 Å². The lowest BCUT2D eigenvalue weighted by Gasteiger charge is -2.37. The Balaban J connectivity index is 1.49. The summed E-state index contributed by atoms with van der Waals surface area (Å²) < 4.78 is 0. The average Bonchev–Trinajstić information content (AvgIpc) is 3.23. The van der Waals surface area contributed by atoms with Crippen LogP contribution in [0.25, 0.3) is 0 Å². The van der Waals surface area contributed by atoms with E-state index in [1.807, 2.05) is 48.2 Å². The summed E-state index contributed by atoms with van der Waals surface area (Å²) in [7, 11) is 0. The fourth-order valence-electron chi connectivity index (χ4n) is 3.91. The van der Waals surface area contributed by atoms with Gasteiger partial charge >= 0.3 is 0 Å². The van der Waals surface area contributed by atoms with Crippen LogP contribution in [0, 0.1) is 0 Å². The summed E-state index contributed by atoms with van der Waals surface area (Å²) in [5.41, 5.74) is 2.96. The summed E-state index contributed by atoms with van der Waals surface area (Å²) in [5, 5.41) is 5.06. The van der Waals surface area contributed by atoms with Crippen LogP contribution in [0.5, 0.6) is 0 Å². The van der Waals surface area contributed by atoms with Crippen LogP contribution in [0.1, 0.15) is 45.7 Å². The SMILES string of the molecule is C[C@H](CC(=O)N1CCc2sccc2[C@H]1c1ccccc1)NC(=O)c1ccccc1. The molecule has 0 fully saturated rings. The number of rotatable bonds is 5. The molecule has 0 unspecified atom stereocenters. The number of carbonyl (C=O) groups is 2. The van der Waals surface area contributed by atoms with Crippen LogP contribution in [0.4, 0.5) is 0 Å². The molecule has 0 aliphatic carbocycles. The fraction of sp³-hybridized carbons (Fsp3) is 0.250. The fourth-order valence-corrected chi connectivity index (χ4v) is 4.81. The number of thiophene rings is 1. The first-order valence-corrected chi connectivity index (χ1v) is 10.8. The minimum Gasteiger partial charge on any atom is -0.349 e. The normalized spacial score (nSPS) is 16.7. The van der Waals surface area contributed by atoms with Crippen LogP contribution in [-0.2, 0) is 11.2 Å². The third-order valence-electron chi connectivity index (χ3n) is 5.30. The Morgan fingerprint density at radius 2 is 1.76 bits per heavy atom. The molecule has 3 aromatic rings. The molecule has 2 atom stereocenters. The summed E-state index contributed by atoms with van der Waals surface area (Å²) in [5.74, 6) is -0.0826. The Morgan fingerprint density at radius 1 is 1.07 bits per heavy atom. The second-order valence-corrected chi connectivity index (χ2v) is 8.39. The van der Waals surface area contributed by atoms with Crippen molar-refractivity contribution in [1.82, 2.24) is 10.2 Å². The molecule has 1 aliphatic rings. The maximum absolute atomic E-state index is 13.2.